The van der Waals surface area contributed by atoms with Crippen LogP contribution in [0.5, 0.6) is 0 Å². The monoisotopic (exact) mass is 364 g/mol. The summed E-state index contributed by atoms with van der Waals surface area (Å²) in [4.78, 5) is 22.4. The Labute approximate surface area is 160 Å². The molecule has 27 heavy (non-hydrogen) atoms. The van der Waals surface area contributed by atoms with Gasteiger partial charge >= 0.3 is 0 Å². The van der Waals surface area contributed by atoms with Crippen molar-refractivity contribution in [3.63, 3.8) is 0 Å². The maximum Gasteiger partial charge on any atom is 0.222 e. The minimum Gasteiger partial charge on any atom is -0.361 e. The molecule has 1 atom stereocenters. The normalized spacial score (nSPS) is 17.1. The standard InChI is InChI=1S/C22H28N4O/c1-16-12-23-17(2)26(16)15-18-10-11-25(14-18)22(27)9-5-6-19-13-24-21-8-4-3-7-20(19)21/h3-4,7-8,12-13,18,24H,5-6,9-11,14-15H2,1-2H3. The van der Waals surface area contributed by atoms with Crippen molar-refractivity contribution >= 4 is 16.8 Å². The average Bonchev–Trinajstić information content (AvgIpc) is 3.38. The summed E-state index contributed by atoms with van der Waals surface area (Å²) in [5.74, 6) is 1.90. The van der Waals surface area contributed by atoms with E-state index in [9.17, 15) is 4.79 Å². The molecule has 0 bridgehead atoms. The second-order valence-electron chi connectivity index (χ2n) is 7.76. The molecule has 0 saturated carbocycles. The molecule has 0 aliphatic carbocycles. The molecule has 0 spiro atoms. The number of fused-ring (bicyclic) bond motifs is 1. The number of nitrogens with one attached hydrogen (secondary N) is 1. The SMILES string of the molecule is Cc1cnc(C)n1CC1CCN(C(=O)CCCc2c[nH]c3ccccc23)C1. The second kappa shape index (κ2) is 7.59. The molecule has 4 rings (SSSR count). The summed E-state index contributed by atoms with van der Waals surface area (Å²) in [5.41, 5.74) is 3.69. The lowest BCUT2D eigenvalue weighted by molar-refractivity contribution is -0.130. The van der Waals surface area contributed by atoms with Gasteiger partial charge < -0.3 is 14.5 Å². The number of benzene rings is 1. The number of H-pyrrole nitrogens is 1. The highest BCUT2D eigenvalue weighted by Crippen LogP contribution is 2.22. The van der Waals surface area contributed by atoms with Crippen molar-refractivity contribution in [3.05, 3.63) is 53.7 Å². The van der Waals surface area contributed by atoms with E-state index in [2.05, 4.69) is 57.7 Å². The fraction of sp³-hybridized carbons (Fsp3) is 0.455. The molecule has 5 heteroatoms. The number of nitrogens with zero attached hydrogens (tertiary/aromatic N) is 3. The van der Waals surface area contributed by atoms with Crippen molar-refractivity contribution < 1.29 is 4.79 Å². The fourth-order valence-corrected chi connectivity index (χ4v) is 4.25. The maximum absolute atomic E-state index is 12.6. The third-order valence-electron chi connectivity index (χ3n) is 5.85. The lowest BCUT2D eigenvalue weighted by Gasteiger charge is -2.17. The minimum atomic E-state index is 0.302. The number of amides is 1. The molecule has 142 valence electrons. The summed E-state index contributed by atoms with van der Waals surface area (Å²) in [6, 6.07) is 8.35. The van der Waals surface area contributed by atoms with E-state index < -0.39 is 0 Å². The number of carbonyl (C=O) groups is 1. The Morgan fingerprint density at radius 3 is 2.96 bits per heavy atom. The maximum atomic E-state index is 12.6. The van der Waals surface area contributed by atoms with Crippen LogP contribution in [0.15, 0.2) is 36.7 Å². The highest BCUT2D eigenvalue weighted by Gasteiger charge is 2.26. The van der Waals surface area contributed by atoms with Gasteiger partial charge in [0.05, 0.1) is 0 Å². The first-order valence-corrected chi connectivity index (χ1v) is 9.93. The van der Waals surface area contributed by atoms with Gasteiger partial charge in [-0.1, -0.05) is 18.2 Å². The summed E-state index contributed by atoms with van der Waals surface area (Å²) in [7, 11) is 0. The number of hydrogen-bond donors (Lipinski definition) is 1. The molecule has 1 N–H and O–H groups in total. The highest BCUT2D eigenvalue weighted by molar-refractivity contribution is 5.83. The number of likely N-dealkylation sites (tertiary alicyclic amines) is 1. The lowest BCUT2D eigenvalue weighted by Crippen LogP contribution is -2.29. The van der Waals surface area contributed by atoms with Crippen LogP contribution in [0, 0.1) is 19.8 Å². The van der Waals surface area contributed by atoms with Gasteiger partial charge in [-0.2, -0.15) is 0 Å². The van der Waals surface area contributed by atoms with Crippen molar-refractivity contribution in [2.24, 2.45) is 5.92 Å². The summed E-state index contributed by atoms with van der Waals surface area (Å²) in [6.07, 6.45) is 7.58. The van der Waals surface area contributed by atoms with Crippen molar-refractivity contribution in [2.75, 3.05) is 13.1 Å². The molecule has 1 saturated heterocycles. The van der Waals surface area contributed by atoms with E-state index in [4.69, 9.17) is 0 Å². The first-order chi connectivity index (χ1) is 13.1. The van der Waals surface area contributed by atoms with Crippen LogP contribution in [0.4, 0.5) is 0 Å². The Morgan fingerprint density at radius 2 is 2.15 bits per heavy atom. The van der Waals surface area contributed by atoms with E-state index in [0.29, 0.717) is 18.2 Å². The molecule has 1 unspecified atom stereocenters. The molecule has 5 nitrogen and oxygen atoms in total. The van der Waals surface area contributed by atoms with Crippen LogP contribution in [0.2, 0.25) is 0 Å². The summed E-state index contributed by atoms with van der Waals surface area (Å²) in [6.45, 7) is 6.89. The molecule has 3 heterocycles. The molecule has 3 aromatic rings. The van der Waals surface area contributed by atoms with Crippen LogP contribution in [0.1, 0.15) is 36.3 Å². The zero-order valence-corrected chi connectivity index (χ0v) is 16.2. The Morgan fingerprint density at radius 1 is 1.30 bits per heavy atom. The third kappa shape index (κ3) is 3.77. The van der Waals surface area contributed by atoms with Crippen molar-refractivity contribution in [1.82, 2.24) is 19.4 Å². The van der Waals surface area contributed by atoms with Crippen LogP contribution in [0.3, 0.4) is 0 Å². The van der Waals surface area contributed by atoms with Crippen LogP contribution in [0.25, 0.3) is 10.9 Å². The number of hydrogen-bond acceptors (Lipinski definition) is 2. The van der Waals surface area contributed by atoms with Gasteiger partial charge in [0.25, 0.3) is 0 Å². The van der Waals surface area contributed by atoms with Gasteiger partial charge in [0, 0.05) is 55.0 Å². The lowest BCUT2D eigenvalue weighted by atomic mass is 10.1. The predicted molar refractivity (Wildman–Crippen MR) is 108 cm³/mol. The summed E-state index contributed by atoms with van der Waals surface area (Å²) < 4.78 is 2.27. The van der Waals surface area contributed by atoms with Gasteiger partial charge in [0.1, 0.15) is 5.82 Å². The number of aromatic nitrogens is 3. The minimum absolute atomic E-state index is 0.302. The molecule has 1 amide bonds. The van der Waals surface area contributed by atoms with Crippen LogP contribution in [-0.4, -0.2) is 38.4 Å². The number of imidazole rings is 1. The Bertz CT molecular complexity index is 919. The molecule has 1 aliphatic heterocycles. The topological polar surface area (TPSA) is 53.9 Å². The zero-order valence-electron chi connectivity index (χ0n) is 16.2. The van der Waals surface area contributed by atoms with Crippen LogP contribution < -0.4 is 0 Å². The van der Waals surface area contributed by atoms with E-state index in [-0.39, 0.29) is 0 Å². The average molecular weight is 364 g/mol. The van der Waals surface area contributed by atoms with E-state index in [0.717, 1.165) is 44.7 Å². The number of para-hydroxylation sites is 1. The van der Waals surface area contributed by atoms with Crippen LogP contribution >= 0.6 is 0 Å². The number of aromatic amines is 1. The van der Waals surface area contributed by atoms with Gasteiger partial charge in [-0.05, 0) is 50.7 Å². The quantitative estimate of drug-likeness (QED) is 0.722. The van der Waals surface area contributed by atoms with Crippen LogP contribution in [-0.2, 0) is 17.8 Å². The zero-order chi connectivity index (χ0) is 18.8. The van der Waals surface area contributed by atoms with Gasteiger partial charge in [0.2, 0.25) is 5.91 Å². The van der Waals surface area contributed by atoms with E-state index >= 15 is 0 Å². The number of rotatable bonds is 6. The predicted octanol–water partition coefficient (Wildman–Crippen LogP) is 3.85. The van der Waals surface area contributed by atoms with Gasteiger partial charge in [-0.25, -0.2) is 4.98 Å². The fourth-order valence-electron chi connectivity index (χ4n) is 4.25. The van der Waals surface area contributed by atoms with E-state index in [1.54, 1.807) is 0 Å². The summed E-state index contributed by atoms with van der Waals surface area (Å²) in [5, 5.41) is 1.28. The molecular formula is C22H28N4O. The first kappa shape index (κ1) is 17.8. The highest BCUT2D eigenvalue weighted by atomic mass is 16.2. The molecule has 1 fully saturated rings. The molecule has 1 aromatic carbocycles. The van der Waals surface area contributed by atoms with Gasteiger partial charge in [-0.15, -0.1) is 0 Å². The summed E-state index contributed by atoms with van der Waals surface area (Å²) >= 11 is 0. The smallest absolute Gasteiger partial charge is 0.222 e. The van der Waals surface area contributed by atoms with Gasteiger partial charge in [0.15, 0.2) is 0 Å². The second-order valence-corrected chi connectivity index (χ2v) is 7.76. The first-order valence-electron chi connectivity index (χ1n) is 9.93. The van der Waals surface area contributed by atoms with E-state index in [1.165, 1.54) is 22.2 Å². The molecule has 1 aliphatic rings. The Kier molecular flexibility index (Phi) is 5.01. The molecular weight excluding hydrogens is 336 g/mol. The Balaban J connectivity index is 1.27. The Hall–Kier alpha value is -2.56. The van der Waals surface area contributed by atoms with Crippen molar-refractivity contribution in [1.29, 1.82) is 0 Å². The van der Waals surface area contributed by atoms with Crippen molar-refractivity contribution in [3.8, 4) is 0 Å². The molecule has 0 radical (unpaired) electrons. The third-order valence-corrected chi connectivity index (χ3v) is 5.85. The number of aryl methyl sites for hydroxylation is 3. The molecule has 2 aromatic heterocycles. The van der Waals surface area contributed by atoms with Gasteiger partial charge in [-0.3, -0.25) is 4.79 Å². The van der Waals surface area contributed by atoms with Crippen molar-refractivity contribution in [2.45, 2.75) is 46.1 Å². The van der Waals surface area contributed by atoms with E-state index in [1.807, 2.05) is 12.3 Å². The largest absolute Gasteiger partial charge is 0.361 e. The number of carbonyl (C=O) groups excluding carboxylic acids is 1.